The van der Waals surface area contributed by atoms with Gasteiger partial charge in [-0.05, 0) is 47.5 Å². The molecule has 0 radical (unpaired) electrons. The lowest BCUT2D eigenvalue weighted by molar-refractivity contribution is 0.0614. The van der Waals surface area contributed by atoms with Crippen molar-refractivity contribution in [2.45, 2.75) is 6.10 Å². The topological polar surface area (TPSA) is 113 Å². The second kappa shape index (κ2) is 13.6. The lowest BCUT2D eigenvalue weighted by Crippen LogP contribution is -2.26. The molecule has 3 N–H and O–H groups in total. The zero-order chi connectivity index (χ0) is 28.3. The summed E-state index contributed by atoms with van der Waals surface area (Å²) in [7, 11) is 0. The summed E-state index contributed by atoms with van der Waals surface area (Å²) in [5, 5.41) is 31.1. The van der Waals surface area contributed by atoms with Crippen LogP contribution in [0.1, 0.15) is 31.8 Å². The van der Waals surface area contributed by atoms with E-state index in [9.17, 15) is 24.9 Å². The molecule has 0 aliphatic carbocycles. The maximum Gasteiger partial charge on any atom is 0.193 e. The third kappa shape index (κ3) is 7.46. The maximum absolute atomic E-state index is 12.8. The first kappa shape index (κ1) is 27.9. The molecule has 0 aliphatic rings. The fraction of sp³-hybridized carbons (Fsp3) is 0.0909. The fourth-order valence-corrected chi connectivity index (χ4v) is 3.83. The number of benzene rings is 4. The van der Waals surface area contributed by atoms with Crippen LogP contribution in [0, 0.1) is 0 Å². The maximum atomic E-state index is 12.8. The Balaban J connectivity index is 1.40. The first-order valence-corrected chi connectivity index (χ1v) is 12.5. The monoisotopic (exact) mass is 536 g/mol. The zero-order valence-corrected chi connectivity index (χ0v) is 21.5. The number of ketones is 2. The van der Waals surface area contributed by atoms with Gasteiger partial charge in [-0.1, -0.05) is 84.9 Å². The van der Waals surface area contributed by atoms with Crippen LogP contribution in [0.25, 0.3) is 12.2 Å². The van der Waals surface area contributed by atoms with Crippen molar-refractivity contribution in [3.8, 4) is 23.0 Å². The number of rotatable bonds is 12. The van der Waals surface area contributed by atoms with Gasteiger partial charge in [0.2, 0.25) is 0 Å². The van der Waals surface area contributed by atoms with E-state index in [0.717, 1.165) is 11.1 Å². The van der Waals surface area contributed by atoms with Crippen LogP contribution in [0.2, 0.25) is 0 Å². The molecule has 0 spiro atoms. The molecule has 0 aliphatic heterocycles. The Morgan fingerprint density at radius 3 is 1.40 bits per heavy atom. The minimum Gasteiger partial charge on any atom is -0.507 e. The summed E-state index contributed by atoms with van der Waals surface area (Å²) in [5.74, 6) is -1.24. The molecule has 4 aromatic rings. The summed E-state index contributed by atoms with van der Waals surface area (Å²) in [6.07, 6.45) is 4.78. The second-order valence-electron chi connectivity index (χ2n) is 8.79. The van der Waals surface area contributed by atoms with Crippen LogP contribution in [0.15, 0.2) is 109 Å². The average molecular weight is 537 g/mol. The normalized spacial score (nSPS) is 11.2. The van der Waals surface area contributed by atoms with Gasteiger partial charge in [0.25, 0.3) is 0 Å². The summed E-state index contributed by atoms with van der Waals surface area (Å²) in [6, 6.07) is 27.3. The number of aliphatic hydroxyl groups excluding tert-OH is 1. The number of phenolic OH excluding ortho intramolecular Hbond substituents is 2. The highest BCUT2D eigenvalue weighted by atomic mass is 16.5. The van der Waals surface area contributed by atoms with E-state index >= 15 is 0 Å². The molecule has 0 unspecified atom stereocenters. The molecule has 0 fully saturated rings. The van der Waals surface area contributed by atoms with E-state index in [1.54, 1.807) is 12.2 Å². The quantitative estimate of drug-likeness (QED) is 0.157. The van der Waals surface area contributed by atoms with Gasteiger partial charge in [0.05, 0.1) is 0 Å². The van der Waals surface area contributed by atoms with E-state index in [1.807, 2.05) is 60.7 Å². The van der Waals surface area contributed by atoms with Gasteiger partial charge in [0.1, 0.15) is 53.4 Å². The summed E-state index contributed by atoms with van der Waals surface area (Å²) >= 11 is 0. The molecule has 4 rings (SSSR count). The lowest BCUT2D eigenvalue weighted by Gasteiger charge is -2.17. The Kier molecular flexibility index (Phi) is 9.48. The summed E-state index contributed by atoms with van der Waals surface area (Å²) < 4.78 is 11.3. The third-order valence-corrected chi connectivity index (χ3v) is 5.82. The Morgan fingerprint density at radius 2 is 1.00 bits per heavy atom. The molecule has 202 valence electrons. The summed E-state index contributed by atoms with van der Waals surface area (Å²) in [5.41, 5.74) is 1.58. The first-order valence-electron chi connectivity index (χ1n) is 12.5. The largest absolute Gasteiger partial charge is 0.507 e. The molecule has 0 bridgehead atoms. The van der Waals surface area contributed by atoms with Crippen LogP contribution >= 0.6 is 0 Å². The number of allylic oxidation sites excluding steroid dienone is 2. The van der Waals surface area contributed by atoms with Crippen LogP contribution in [-0.2, 0) is 0 Å². The van der Waals surface area contributed by atoms with Gasteiger partial charge in [-0.3, -0.25) is 9.59 Å². The number of aromatic hydroxyl groups is 2. The predicted octanol–water partition coefficient (Wildman–Crippen LogP) is 5.71. The number of hydrogen-bond donors (Lipinski definition) is 3. The number of phenols is 2. The predicted molar refractivity (Wildman–Crippen MR) is 153 cm³/mol. The van der Waals surface area contributed by atoms with E-state index in [2.05, 4.69) is 0 Å². The van der Waals surface area contributed by atoms with Crippen molar-refractivity contribution in [1.82, 2.24) is 0 Å². The van der Waals surface area contributed by atoms with Gasteiger partial charge in [-0.15, -0.1) is 0 Å². The molecule has 4 aromatic carbocycles. The van der Waals surface area contributed by atoms with Crippen molar-refractivity contribution in [3.63, 3.8) is 0 Å². The SMILES string of the molecule is O=C(/C=C/c1ccccc1)c1c(O)cccc1OCC(O)COc1cccc(O)c1C(=O)/C=C/c1ccccc1. The van der Waals surface area contributed by atoms with Gasteiger partial charge >= 0.3 is 0 Å². The molecular formula is C33H28O7. The molecule has 0 saturated heterocycles. The van der Waals surface area contributed by atoms with Crippen molar-refractivity contribution in [1.29, 1.82) is 0 Å². The standard InChI is InChI=1S/C33H28O7/c34-25(21-39-30-15-7-13-26(35)32(30)28(37)19-17-23-9-3-1-4-10-23)22-40-31-16-8-14-27(36)33(31)29(38)20-18-24-11-5-2-6-12-24/h1-20,25,34-36H,21-22H2/b19-17+,20-18+. The van der Waals surface area contributed by atoms with E-state index in [-0.39, 0.29) is 47.3 Å². The lowest BCUT2D eigenvalue weighted by atomic mass is 10.1. The Hall–Kier alpha value is -5.14. The van der Waals surface area contributed by atoms with Crippen molar-refractivity contribution >= 4 is 23.7 Å². The van der Waals surface area contributed by atoms with Crippen LogP contribution in [0.5, 0.6) is 23.0 Å². The van der Waals surface area contributed by atoms with Gasteiger partial charge in [-0.25, -0.2) is 0 Å². The van der Waals surface area contributed by atoms with E-state index in [0.29, 0.717) is 0 Å². The Bertz CT molecular complexity index is 1390. The summed E-state index contributed by atoms with van der Waals surface area (Å²) in [4.78, 5) is 25.6. The fourth-order valence-electron chi connectivity index (χ4n) is 3.83. The van der Waals surface area contributed by atoms with Gasteiger partial charge in [0, 0.05) is 0 Å². The molecule has 0 aromatic heterocycles. The van der Waals surface area contributed by atoms with E-state index in [1.165, 1.54) is 48.6 Å². The van der Waals surface area contributed by atoms with Crippen LogP contribution in [-0.4, -0.2) is 46.2 Å². The van der Waals surface area contributed by atoms with Crippen molar-refractivity contribution in [2.24, 2.45) is 0 Å². The summed E-state index contributed by atoms with van der Waals surface area (Å²) in [6.45, 7) is -0.524. The third-order valence-electron chi connectivity index (χ3n) is 5.82. The second-order valence-corrected chi connectivity index (χ2v) is 8.79. The van der Waals surface area contributed by atoms with Crippen molar-refractivity contribution in [2.75, 3.05) is 13.2 Å². The molecule has 7 heteroatoms. The first-order chi connectivity index (χ1) is 19.4. The molecule has 0 atom stereocenters. The van der Waals surface area contributed by atoms with E-state index in [4.69, 9.17) is 9.47 Å². The number of carbonyl (C=O) groups excluding carboxylic acids is 2. The molecule has 40 heavy (non-hydrogen) atoms. The molecule has 0 amide bonds. The Labute approximate surface area is 231 Å². The highest BCUT2D eigenvalue weighted by Gasteiger charge is 2.19. The smallest absolute Gasteiger partial charge is 0.193 e. The molecule has 0 saturated carbocycles. The van der Waals surface area contributed by atoms with E-state index < -0.39 is 17.7 Å². The van der Waals surface area contributed by atoms with Crippen molar-refractivity contribution < 1.29 is 34.4 Å². The Morgan fingerprint density at radius 1 is 0.600 bits per heavy atom. The number of aliphatic hydroxyl groups is 1. The minimum atomic E-state index is -1.16. The molecule has 0 heterocycles. The van der Waals surface area contributed by atoms with Crippen LogP contribution < -0.4 is 9.47 Å². The van der Waals surface area contributed by atoms with Gasteiger partial charge in [-0.2, -0.15) is 0 Å². The number of carbonyl (C=O) groups is 2. The minimum absolute atomic E-state index is 0.0335. The zero-order valence-electron chi connectivity index (χ0n) is 21.5. The number of ether oxygens (including phenoxy) is 2. The van der Waals surface area contributed by atoms with Crippen LogP contribution in [0.4, 0.5) is 0 Å². The van der Waals surface area contributed by atoms with Gasteiger partial charge in [0.15, 0.2) is 11.6 Å². The highest BCUT2D eigenvalue weighted by Crippen LogP contribution is 2.30. The van der Waals surface area contributed by atoms with Crippen LogP contribution in [0.3, 0.4) is 0 Å². The molecule has 7 nitrogen and oxygen atoms in total. The average Bonchev–Trinajstić information content (AvgIpc) is 2.97. The number of hydrogen-bond acceptors (Lipinski definition) is 7. The van der Waals surface area contributed by atoms with Crippen molar-refractivity contribution in [3.05, 3.63) is 131 Å². The molecular weight excluding hydrogens is 508 g/mol. The highest BCUT2D eigenvalue weighted by molar-refractivity contribution is 6.11. The van der Waals surface area contributed by atoms with Gasteiger partial charge < -0.3 is 24.8 Å².